The van der Waals surface area contributed by atoms with Gasteiger partial charge in [-0.05, 0) is 6.42 Å². The third-order valence-corrected chi connectivity index (χ3v) is 4.63. The number of hydrogen-bond donors (Lipinski definition) is 0. The first-order valence-corrected chi connectivity index (χ1v) is 7.93. The quantitative estimate of drug-likeness (QED) is 0.211. The van der Waals surface area contributed by atoms with Gasteiger partial charge >= 0.3 is 5.97 Å². The second kappa shape index (κ2) is 10.5. The van der Waals surface area contributed by atoms with Crippen molar-refractivity contribution in [2.24, 2.45) is 0 Å². The van der Waals surface area contributed by atoms with Crippen molar-refractivity contribution in [1.29, 1.82) is 0 Å². The maximum Gasteiger partial charge on any atom is 0.330 e. The van der Waals surface area contributed by atoms with E-state index < -0.39 is 0 Å². The summed E-state index contributed by atoms with van der Waals surface area (Å²) in [5.74, 6) is -0.338. The standard InChI is InChI=1S/C10H18Cl2O2Si/c1-2-9(13)14-7-5-3-4-6-8-15-10(11)12/h2,10H,1,3-8,15H2. The van der Waals surface area contributed by atoms with Gasteiger partial charge in [-0.15, -0.1) is 23.2 Å². The highest BCUT2D eigenvalue weighted by atomic mass is 35.5. The summed E-state index contributed by atoms with van der Waals surface area (Å²) in [7, 11) is -0.278. The molecular formula is C10H18Cl2O2Si. The third kappa shape index (κ3) is 11.9. The first kappa shape index (κ1) is 15.0. The molecule has 0 bridgehead atoms. The summed E-state index contributed by atoms with van der Waals surface area (Å²) in [5, 5.41) is 0. The number of ether oxygens (including phenoxy) is 1. The number of unbranched alkanes of at least 4 members (excludes halogenated alkanes) is 3. The van der Waals surface area contributed by atoms with Crippen molar-refractivity contribution in [3.63, 3.8) is 0 Å². The molecule has 2 nitrogen and oxygen atoms in total. The minimum Gasteiger partial charge on any atom is -0.463 e. The highest BCUT2D eigenvalue weighted by molar-refractivity contribution is 6.68. The van der Waals surface area contributed by atoms with E-state index in [2.05, 4.69) is 6.58 Å². The molecule has 0 radical (unpaired) electrons. The van der Waals surface area contributed by atoms with Crippen molar-refractivity contribution in [2.75, 3.05) is 6.61 Å². The summed E-state index contributed by atoms with van der Waals surface area (Å²) in [5.41, 5.74) is 0. The fourth-order valence-electron chi connectivity index (χ4n) is 1.16. The Morgan fingerprint density at radius 3 is 2.60 bits per heavy atom. The predicted molar refractivity (Wildman–Crippen MR) is 68.5 cm³/mol. The molecule has 0 aliphatic heterocycles. The summed E-state index contributed by atoms with van der Waals surface area (Å²) < 4.78 is 4.75. The molecule has 0 unspecified atom stereocenters. The molecule has 0 N–H and O–H groups in total. The summed E-state index contributed by atoms with van der Waals surface area (Å²) in [4.78, 5) is 10.7. The number of halogens is 2. The molecule has 0 fully saturated rings. The predicted octanol–water partition coefficient (Wildman–Crippen LogP) is 2.62. The number of esters is 1. The van der Waals surface area contributed by atoms with Crippen LogP contribution in [-0.2, 0) is 9.53 Å². The normalized spacial score (nSPS) is 11.1. The van der Waals surface area contributed by atoms with Gasteiger partial charge in [0.2, 0.25) is 0 Å². The highest BCUT2D eigenvalue weighted by Gasteiger charge is 1.99. The molecule has 0 heterocycles. The van der Waals surface area contributed by atoms with Crippen LogP contribution in [0.4, 0.5) is 0 Å². The Labute approximate surface area is 104 Å². The zero-order valence-electron chi connectivity index (χ0n) is 8.88. The summed E-state index contributed by atoms with van der Waals surface area (Å²) in [6, 6.07) is 1.20. The van der Waals surface area contributed by atoms with Gasteiger partial charge in [0, 0.05) is 6.08 Å². The topological polar surface area (TPSA) is 26.3 Å². The number of carbonyl (C=O) groups is 1. The van der Waals surface area contributed by atoms with E-state index in [0.29, 0.717) is 6.61 Å². The van der Waals surface area contributed by atoms with Gasteiger partial charge in [0.05, 0.1) is 20.6 Å². The van der Waals surface area contributed by atoms with Gasteiger partial charge in [-0.1, -0.05) is 31.9 Å². The maximum atomic E-state index is 10.7. The van der Waals surface area contributed by atoms with Crippen LogP contribution in [0.2, 0.25) is 6.04 Å². The third-order valence-electron chi connectivity index (χ3n) is 1.98. The Balaban J connectivity index is 3.05. The number of alkyl halides is 2. The molecule has 0 aromatic carbocycles. The number of hydrogen-bond acceptors (Lipinski definition) is 2. The lowest BCUT2D eigenvalue weighted by Gasteiger charge is -2.02. The van der Waals surface area contributed by atoms with Gasteiger partial charge in [0.25, 0.3) is 0 Å². The Morgan fingerprint density at radius 1 is 1.33 bits per heavy atom. The van der Waals surface area contributed by atoms with Crippen LogP contribution in [0.3, 0.4) is 0 Å². The molecule has 5 heteroatoms. The Kier molecular flexibility index (Phi) is 10.5. The first-order valence-electron chi connectivity index (χ1n) is 5.24. The largest absolute Gasteiger partial charge is 0.463 e. The Morgan fingerprint density at radius 2 is 2.00 bits per heavy atom. The van der Waals surface area contributed by atoms with E-state index in [9.17, 15) is 4.79 Å². The van der Waals surface area contributed by atoms with Crippen molar-refractivity contribution >= 4 is 38.7 Å². The van der Waals surface area contributed by atoms with Crippen molar-refractivity contribution in [3.8, 4) is 0 Å². The molecule has 0 rings (SSSR count). The SMILES string of the molecule is C=CC(=O)OCCCCCC[SiH2]C(Cl)Cl. The van der Waals surface area contributed by atoms with E-state index in [1.165, 1.54) is 25.0 Å². The second-order valence-electron chi connectivity index (χ2n) is 3.32. The van der Waals surface area contributed by atoms with Crippen molar-refractivity contribution in [1.82, 2.24) is 0 Å². The molecule has 15 heavy (non-hydrogen) atoms. The molecule has 0 aliphatic carbocycles. The zero-order valence-corrected chi connectivity index (χ0v) is 11.8. The lowest BCUT2D eigenvalue weighted by Crippen LogP contribution is -2.02. The van der Waals surface area contributed by atoms with Crippen LogP contribution in [0.5, 0.6) is 0 Å². The van der Waals surface area contributed by atoms with Gasteiger partial charge in [0.15, 0.2) is 0 Å². The van der Waals surface area contributed by atoms with E-state index >= 15 is 0 Å². The molecule has 0 spiro atoms. The van der Waals surface area contributed by atoms with Crippen LogP contribution in [0.25, 0.3) is 0 Å². The molecule has 0 aromatic rings. The van der Waals surface area contributed by atoms with Crippen molar-refractivity contribution < 1.29 is 9.53 Å². The van der Waals surface area contributed by atoms with Crippen molar-refractivity contribution in [2.45, 2.75) is 36.2 Å². The fraction of sp³-hybridized carbons (Fsp3) is 0.700. The fourth-order valence-corrected chi connectivity index (χ4v) is 3.04. The molecule has 0 saturated heterocycles. The second-order valence-corrected chi connectivity index (χ2v) is 7.73. The Hall–Kier alpha value is 0.00688. The first-order chi connectivity index (χ1) is 7.16. The molecule has 0 amide bonds. The van der Waals surface area contributed by atoms with Gasteiger partial charge in [-0.2, -0.15) is 0 Å². The molecule has 88 valence electrons. The number of rotatable bonds is 9. The highest BCUT2D eigenvalue weighted by Crippen LogP contribution is 2.07. The van der Waals surface area contributed by atoms with Crippen LogP contribution in [0, 0.1) is 0 Å². The van der Waals surface area contributed by atoms with Gasteiger partial charge in [-0.3, -0.25) is 0 Å². The Bertz CT molecular complexity index is 186. The molecular weight excluding hydrogens is 251 g/mol. The van der Waals surface area contributed by atoms with Gasteiger partial charge < -0.3 is 4.74 Å². The smallest absolute Gasteiger partial charge is 0.330 e. The van der Waals surface area contributed by atoms with Crippen LogP contribution >= 0.6 is 23.2 Å². The van der Waals surface area contributed by atoms with Crippen LogP contribution in [0.1, 0.15) is 25.7 Å². The monoisotopic (exact) mass is 268 g/mol. The minimum absolute atomic E-state index is 0.0986. The average molecular weight is 269 g/mol. The van der Waals surface area contributed by atoms with E-state index in [4.69, 9.17) is 27.9 Å². The van der Waals surface area contributed by atoms with Gasteiger partial charge in [0.1, 0.15) is 0 Å². The maximum absolute atomic E-state index is 10.7. The van der Waals surface area contributed by atoms with E-state index in [0.717, 1.165) is 12.8 Å². The van der Waals surface area contributed by atoms with Gasteiger partial charge in [-0.25, -0.2) is 4.79 Å². The zero-order chi connectivity index (χ0) is 11.5. The molecule has 0 aromatic heterocycles. The van der Waals surface area contributed by atoms with Crippen LogP contribution < -0.4 is 0 Å². The number of carbonyl (C=O) groups excluding carboxylic acids is 1. The van der Waals surface area contributed by atoms with Crippen molar-refractivity contribution in [3.05, 3.63) is 12.7 Å². The lowest BCUT2D eigenvalue weighted by molar-refractivity contribution is -0.137. The summed E-state index contributed by atoms with van der Waals surface area (Å²) >= 11 is 11.3. The molecule has 0 saturated carbocycles. The van der Waals surface area contributed by atoms with Crippen LogP contribution in [0.15, 0.2) is 12.7 Å². The lowest BCUT2D eigenvalue weighted by atomic mass is 10.2. The van der Waals surface area contributed by atoms with E-state index in [1.807, 2.05) is 0 Å². The average Bonchev–Trinajstić information content (AvgIpc) is 2.21. The molecule has 0 atom stereocenters. The summed E-state index contributed by atoms with van der Waals surface area (Å²) in [6.45, 7) is 3.82. The van der Waals surface area contributed by atoms with E-state index in [1.54, 1.807) is 0 Å². The van der Waals surface area contributed by atoms with Crippen LogP contribution in [-0.4, -0.2) is 26.6 Å². The summed E-state index contributed by atoms with van der Waals surface area (Å²) in [6.07, 6.45) is 5.56. The minimum atomic E-state index is -0.338. The van der Waals surface area contributed by atoms with E-state index in [-0.39, 0.29) is 19.9 Å². The molecule has 0 aliphatic rings.